The minimum Gasteiger partial charge on any atom is -0.376 e. The Morgan fingerprint density at radius 2 is 1.94 bits per heavy atom. The molecular formula is C14H15N3. The fraction of sp³-hybridized carbons (Fsp3) is 0.286. The molecule has 0 aliphatic carbocycles. The quantitative estimate of drug-likeness (QED) is 0.749. The van der Waals surface area contributed by atoms with Crippen molar-refractivity contribution in [3.8, 4) is 6.07 Å². The van der Waals surface area contributed by atoms with Crippen molar-refractivity contribution in [2.24, 2.45) is 0 Å². The molecule has 0 atom stereocenters. The minimum atomic E-state index is 0.616. The molecule has 1 aromatic heterocycles. The van der Waals surface area contributed by atoms with E-state index < -0.39 is 0 Å². The summed E-state index contributed by atoms with van der Waals surface area (Å²) in [6.07, 6.45) is 1.66. The number of pyridine rings is 1. The van der Waals surface area contributed by atoms with E-state index in [2.05, 4.69) is 31.0 Å². The zero-order valence-electron chi connectivity index (χ0n) is 10.6. The molecule has 0 saturated carbocycles. The maximum Gasteiger partial charge on any atom is 0.103 e. The van der Waals surface area contributed by atoms with Gasteiger partial charge in [0.2, 0.25) is 0 Å². The minimum absolute atomic E-state index is 0.616. The molecular weight excluding hydrogens is 210 g/mol. The molecule has 3 heteroatoms. The summed E-state index contributed by atoms with van der Waals surface area (Å²) in [5, 5.41) is 10.2. The summed E-state index contributed by atoms with van der Waals surface area (Å²) in [5.41, 5.74) is 4.94. The molecule has 0 amide bonds. The standard InChI is InChI=1S/C14H15N3/c1-9-5-6-12-13(10(9)2)16-8-11(7-15)14(12)17(3)4/h5-6,8H,1-4H3. The van der Waals surface area contributed by atoms with Gasteiger partial charge in [0.05, 0.1) is 16.8 Å². The predicted molar refractivity (Wildman–Crippen MR) is 70.3 cm³/mol. The molecule has 0 bridgehead atoms. The van der Waals surface area contributed by atoms with Crippen LogP contribution in [0, 0.1) is 25.2 Å². The van der Waals surface area contributed by atoms with Gasteiger partial charge < -0.3 is 4.90 Å². The van der Waals surface area contributed by atoms with Crippen LogP contribution in [0.25, 0.3) is 10.9 Å². The van der Waals surface area contributed by atoms with Crippen LogP contribution in [-0.2, 0) is 0 Å². The van der Waals surface area contributed by atoms with Crippen LogP contribution >= 0.6 is 0 Å². The van der Waals surface area contributed by atoms with Crippen molar-refractivity contribution in [1.29, 1.82) is 5.26 Å². The monoisotopic (exact) mass is 225 g/mol. The van der Waals surface area contributed by atoms with Gasteiger partial charge in [0.15, 0.2) is 0 Å². The summed E-state index contributed by atoms with van der Waals surface area (Å²) in [5.74, 6) is 0. The largest absolute Gasteiger partial charge is 0.376 e. The summed E-state index contributed by atoms with van der Waals surface area (Å²) in [6.45, 7) is 4.14. The smallest absolute Gasteiger partial charge is 0.103 e. The zero-order chi connectivity index (χ0) is 12.6. The molecule has 0 unspecified atom stereocenters. The molecule has 1 heterocycles. The Kier molecular flexibility index (Phi) is 2.72. The van der Waals surface area contributed by atoms with Crippen LogP contribution in [-0.4, -0.2) is 19.1 Å². The van der Waals surface area contributed by atoms with E-state index >= 15 is 0 Å². The second-order valence-electron chi connectivity index (χ2n) is 4.43. The van der Waals surface area contributed by atoms with Gasteiger partial charge >= 0.3 is 0 Å². The Balaban J connectivity index is 2.93. The molecule has 2 rings (SSSR count). The van der Waals surface area contributed by atoms with Crippen LogP contribution in [0.1, 0.15) is 16.7 Å². The SMILES string of the molecule is Cc1ccc2c(N(C)C)c(C#N)cnc2c1C. The van der Waals surface area contributed by atoms with Crippen molar-refractivity contribution in [2.45, 2.75) is 13.8 Å². The molecule has 0 saturated heterocycles. The molecule has 0 N–H and O–H groups in total. The molecule has 2 aromatic rings. The zero-order valence-corrected chi connectivity index (χ0v) is 10.6. The number of nitrogens with zero attached hydrogens (tertiary/aromatic N) is 3. The highest BCUT2D eigenvalue weighted by Crippen LogP contribution is 2.30. The summed E-state index contributed by atoms with van der Waals surface area (Å²) in [4.78, 5) is 6.38. The lowest BCUT2D eigenvalue weighted by Gasteiger charge is -2.17. The van der Waals surface area contributed by atoms with Crippen molar-refractivity contribution in [1.82, 2.24) is 4.98 Å². The normalized spacial score (nSPS) is 10.3. The second-order valence-corrected chi connectivity index (χ2v) is 4.43. The van der Waals surface area contributed by atoms with Crippen LogP contribution < -0.4 is 4.90 Å². The highest BCUT2D eigenvalue weighted by molar-refractivity contribution is 5.96. The third-order valence-corrected chi connectivity index (χ3v) is 3.10. The Morgan fingerprint density at radius 3 is 2.53 bits per heavy atom. The van der Waals surface area contributed by atoms with Gasteiger partial charge in [0.1, 0.15) is 6.07 Å². The summed E-state index contributed by atoms with van der Waals surface area (Å²) < 4.78 is 0. The average Bonchev–Trinajstić information content (AvgIpc) is 2.32. The molecule has 17 heavy (non-hydrogen) atoms. The first-order valence-corrected chi connectivity index (χ1v) is 5.52. The number of rotatable bonds is 1. The van der Waals surface area contributed by atoms with Crippen molar-refractivity contribution in [3.63, 3.8) is 0 Å². The molecule has 0 fully saturated rings. The number of aryl methyl sites for hydroxylation is 2. The first-order chi connectivity index (χ1) is 8.06. The summed E-state index contributed by atoms with van der Waals surface area (Å²) in [7, 11) is 3.90. The Morgan fingerprint density at radius 1 is 1.24 bits per heavy atom. The fourth-order valence-corrected chi connectivity index (χ4v) is 2.06. The highest BCUT2D eigenvalue weighted by Gasteiger charge is 2.12. The van der Waals surface area contributed by atoms with Crippen molar-refractivity contribution in [3.05, 3.63) is 35.0 Å². The van der Waals surface area contributed by atoms with E-state index in [1.165, 1.54) is 11.1 Å². The average molecular weight is 225 g/mol. The number of anilines is 1. The lowest BCUT2D eigenvalue weighted by molar-refractivity contribution is 1.13. The van der Waals surface area contributed by atoms with Crippen molar-refractivity contribution >= 4 is 16.6 Å². The van der Waals surface area contributed by atoms with E-state index in [4.69, 9.17) is 5.26 Å². The maximum atomic E-state index is 9.13. The molecule has 0 radical (unpaired) electrons. The summed E-state index contributed by atoms with van der Waals surface area (Å²) >= 11 is 0. The molecule has 86 valence electrons. The maximum absolute atomic E-state index is 9.13. The number of fused-ring (bicyclic) bond motifs is 1. The van der Waals surface area contributed by atoms with E-state index in [9.17, 15) is 0 Å². The number of hydrogen-bond acceptors (Lipinski definition) is 3. The number of nitriles is 1. The molecule has 0 aliphatic heterocycles. The Bertz CT molecular complexity index is 621. The number of benzene rings is 1. The van der Waals surface area contributed by atoms with Crippen LogP contribution in [0.4, 0.5) is 5.69 Å². The van der Waals surface area contributed by atoms with Gasteiger partial charge in [-0.25, -0.2) is 0 Å². The Hall–Kier alpha value is -2.08. The predicted octanol–water partition coefficient (Wildman–Crippen LogP) is 2.79. The number of aromatic nitrogens is 1. The van der Waals surface area contributed by atoms with Gasteiger partial charge in [0.25, 0.3) is 0 Å². The highest BCUT2D eigenvalue weighted by atomic mass is 15.1. The van der Waals surface area contributed by atoms with Crippen LogP contribution in [0.3, 0.4) is 0 Å². The van der Waals surface area contributed by atoms with E-state index in [0.29, 0.717) is 5.56 Å². The lowest BCUT2D eigenvalue weighted by Crippen LogP contribution is -2.11. The van der Waals surface area contributed by atoms with Crippen LogP contribution in [0.2, 0.25) is 0 Å². The first-order valence-electron chi connectivity index (χ1n) is 5.52. The van der Waals surface area contributed by atoms with Crippen LogP contribution in [0.15, 0.2) is 18.3 Å². The van der Waals surface area contributed by atoms with E-state index in [0.717, 1.165) is 16.6 Å². The topological polar surface area (TPSA) is 39.9 Å². The van der Waals surface area contributed by atoms with E-state index in [-0.39, 0.29) is 0 Å². The number of hydrogen-bond donors (Lipinski definition) is 0. The molecule has 0 spiro atoms. The van der Waals surface area contributed by atoms with Gasteiger partial charge in [-0.2, -0.15) is 5.26 Å². The lowest BCUT2D eigenvalue weighted by atomic mass is 10.0. The molecule has 0 aliphatic rings. The Labute approximate surface area is 101 Å². The van der Waals surface area contributed by atoms with Gasteiger partial charge in [-0.05, 0) is 25.0 Å². The van der Waals surface area contributed by atoms with Gasteiger partial charge in [-0.1, -0.05) is 12.1 Å². The first kappa shape index (κ1) is 11.4. The van der Waals surface area contributed by atoms with E-state index in [1.807, 2.05) is 25.1 Å². The second kappa shape index (κ2) is 4.06. The van der Waals surface area contributed by atoms with Crippen molar-refractivity contribution in [2.75, 3.05) is 19.0 Å². The van der Waals surface area contributed by atoms with Crippen LogP contribution in [0.5, 0.6) is 0 Å². The van der Waals surface area contributed by atoms with Gasteiger partial charge in [-0.3, -0.25) is 4.98 Å². The molecule has 1 aromatic carbocycles. The van der Waals surface area contributed by atoms with Gasteiger partial charge in [-0.15, -0.1) is 0 Å². The fourth-order valence-electron chi connectivity index (χ4n) is 2.06. The van der Waals surface area contributed by atoms with Crippen molar-refractivity contribution < 1.29 is 0 Å². The van der Waals surface area contributed by atoms with E-state index in [1.54, 1.807) is 6.20 Å². The van der Waals surface area contributed by atoms with Gasteiger partial charge in [0, 0.05) is 25.7 Å². The summed E-state index contributed by atoms with van der Waals surface area (Å²) in [6, 6.07) is 6.32. The third-order valence-electron chi connectivity index (χ3n) is 3.10. The third kappa shape index (κ3) is 1.72. The molecule has 3 nitrogen and oxygen atoms in total.